The van der Waals surface area contributed by atoms with Crippen LogP contribution in [-0.4, -0.2) is 30.1 Å². The van der Waals surface area contributed by atoms with Gasteiger partial charge in [-0.2, -0.15) is 0 Å². The van der Waals surface area contributed by atoms with Gasteiger partial charge in [0.25, 0.3) is 0 Å². The highest BCUT2D eigenvalue weighted by Gasteiger charge is 2.17. The Morgan fingerprint density at radius 3 is 2.89 bits per heavy atom. The summed E-state index contributed by atoms with van der Waals surface area (Å²) in [6.07, 6.45) is 5.99. The van der Waals surface area contributed by atoms with E-state index >= 15 is 0 Å². The van der Waals surface area contributed by atoms with E-state index in [-0.39, 0.29) is 5.97 Å². The van der Waals surface area contributed by atoms with Gasteiger partial charge in [0.15, 0.2) is 0 Å². The van der Waals surface area contributed by atoms with Crippen molar-refractivity contribution in [2.75, 3.05) is 18.5 Å². The third-order valence-corrected chi connectivity index (χ3v) is 2.86. The molecule has 1 aromatic heterocycles. The highest BCUT2D eigenvalue weighted by molar-refractivity contribution is 5.87. The average Bonchev–Trinajstić information content (AvgIpc) is 2.66. The Kier molecular flexibility index (Phi) is 3.60. The zero-order chi connectivity index (χ0) is 14.0. The highest BCUT2D eigenvalue weighted by Crippen LogP contribution is 2.24. The van der Waals surface area contributed by atoms with Crippen molar-refractivity contribution in [3.05, 3.63) is 29.5 Å². The first-order valence-electron chi connectivity index (χ1n) is 6.46. The molecule has 1 aliphatic rings. The molecule has 2 rings (SSSR count). The molecule has 0 atom stereocenters. The molecule has 19 heavy (non-hydrogen) atoms. The van der Waals surface area contributed by atoms with Gasteiger partial charge in [-0.05, 0) is 50.5 Å². The summed E-state index contributed by atoms with van der Waals surface area (Å²) in [5.74, 6) is 0.708. The lowest BCUT2D eigenvalue weighted by Gasteiger charge is -2.17. The van der Waals surface area contributed by atoms with E-state index in [4.69, 9.17) is 4.74 Å². The van der Waals surface area contributed by atoms with Crippen LogP contribution in [0.25, 0.3) is 6.08 Å². The van der Waals surface area contributed by atoms with E-state index in [1.807, 2.05) is 27.8 Å². The second-order valence-electron chi connectivity index (χ2n) is 5.79. The fraction of sp³-hybridized carbons (Fsp3) is 0.467. The first-order chi connectivity index (χ1) is 8.85. The summed E-state index contributed by atoms with van der Waals surface area (Å²) in [4.78, 5) is 18.1. The molecular formula is C15H20N2O2. The van der Waals surface area contributed by atoms with E-state index in [0.29, 0.717) is 0 Å². The van der Waals surface area contributed by atoms with Crippen molar-refractivity contribution in [1.29, 1.82) is 0 Å². The number of anilines is 1. The summed E-state index contributed by atoms with van der Waals surface area (Å²) < 4.78 is 5.21. The third kappa shape index (κ3) is 3.56. The number of pyridine rings is 1. The van der Waals surface area contributed by atoms with E-state index in [1.54, 1.807) is 12.3 Å². The van der Waals surface area contributed by atoms with Gasteiger partial charge in [0.2, 0.25) is 0 Å². The minimum atomic E-state index is -0.458. The molecule has 0 radical (unpaired) electrons. The molecule has 0 saturated carbocycles. The minimum Gasteiger partial charge on any atom is -0.457 e. The highest BCUT2D eigenvalue weighted by atomic mass is 16.6. The number of nitrogens with zero attached hydrogens (tertiary/aromatic N) is 2. The Morgan fingerprint density at radius 1 is 1.47 bits per heavy atom. The molecule has 2 heterocycles. The summed E-state index contributed by atoms with van der Waals surface area (Å²) in [5.41, 5.74) is 1.70. The van der Waals surface area contributed by atoms with Gasteiger partial charge in [-0.1, -0.05) is 0 Å². The maximum absolute atomic E-state index is 11.6. The van der Waals surface area contributed by atoms with E-state index in [0.717, 1.165) is 24.3 Å². The lowest BCUT2D eigenvalue weighted by atomic mass is 10.1. The molecule has 4 heteroatoms. The molecule has 102 valence electrons. The van der Waals surface area contributed by atoms with E-state index < -0.39 is 5.60 Å². The fourth-order valence-corrected chi connectivity index (χ4v) is 2.03. The first kappa shape index (κ1) is 13.6. The smallest absolute Gasteiger partial charge is 0.331 e. The van der Waals surface area contributed by atoms with Crippen LogP contribution in [0.4, 0.5) is 5.82 Å². The molecular weight excluding hydrogens is 240 g/mol. The number of carbonyl (C=O) groups excluding carboxylic acids is 1. The molecule has 1 aromatic rings. The zero-order valence-corrected chi connectivity index (χ0v) is 11.9. The third-order valence-electron chi connectivity index (χ3n) is 2.86. The number of hydrogen-bond acceptors (Lipinski definition) is 4. The van der Waals surface area contributed by atoms with E-state index in [1.165, 1.54) is 11.6 Å². The van der Waals surface area contributed by atoms with Crippen molar-refractivity contribution in [1.82, 2.24) is 4.98 Å². The van der Waals surface area contributed by atoms with Gasteiger partial charge in [-0.3, -0.25) is 0 Å². The lowest BCUT2D eigenvalue weighted by Crippen LogP contribution is -2.22. The predicted molar refractivity (Wildman–Crippen MR) is 76.1 cm³/mol. The summed E-state index contributed by atoms with van der Waals surface area (Å²) in [5, 5.41) is 0. The lowest BCUT2D eigenvalue weighted by molar-refractivity contribution is -0.148. The van der Waals surface area contributed by atoms with Crippen LogP contribution < -0.4 is 4.90 Å². The van der Waals surface area contributed by atoms with Crippen molar-refractivity contribution >= 4 is 17.9 Å². The van der Waals surface area contributed by atoms with Crippen molar-refractivity contribution in [2.24, 2.45) is 0 Å². The standard InChI is InChI=1S/C15H20N2O2/c1-15(2,3)19-13(18)6-5-11-9-12-7-8-17(4)14(12)16-10-11/h5-6,9-10H,7-8H2,1-4H3/b6-5+. The Balaban J connectivity index is 2.06. The van der Waals surface area contributed by atoms with Gasteiger partial charge in [0, 0.05) is 25.9 Å². The summed E-state index contributed by atoms with van der Waals surface area (Å²) >= 11 is 0. The number of ether oxygens (including phenoxy) is 1. The normalized spacial score (nSPS) is 14.8. The number of likely N-dealkylation sites (N-methyl/N-ethyl adjacent to an activating group) is 1. The summed E-state index contributed by atoms with van der Waals surface area (Å²) in [6.45, 7) is 6.56. The summed E-state index contributed by atoms with van der Waals surface area (Å²) in [6, 6.07) is 2.08. The Morgan fingerprint density at radius 2 is 2.21 bits per heavy atom. The molecule has 0 spiro atoms. The molecule has 0 amide bonds. The molecule has 0 saturated heterocycles. The van der Waals surface area contributed by atoms with E-state index in [9.17, 15) is 4.79 Å². The zero-order valence-electron chi connectivity index (χ0n) is 11.9. The van der Waals surface area contributed by atoms with Gasteiger partial charge in [0.05, 0.1) is 0 Å². The van der Waals surface area contributed by atoms with Crippen molar-refractivity contribution in [3.8, 4) is 0 Å². The summed E-state index contributed by atoms with van der Waals surface area (Å²) in [7, 11) is 2.04. The van der Waals surface area contributed by atoms with Crippen LogP contribution in [0, 0.1) is 0 Å². The maximum Gasteiger partial charge on any atom is 0.331 e. The Labute approximate surface area is 114 Å². The predicted octanol–water partition coefficient (Wildman–Crippen LogP) is 2.43. The molecule has 0 bridgehead atoms. The van der Waals surface area contributed by atoms with Crippen LogP contribution in [0.1, 0.15) is 31.9 Å². The molecule has 0 aromatic carbocycles. The molecule has 0 aliphatic carbocycles. The first-order valence-corrected chi connectivity index (χ1v) is 6.46. The number of esters is 1. The van der Waals surface area contributed by atoms with Crippen LogP contribution in [0.5, 0.6) is 0 Å². The maximum atomic E-state index is 11.6. The number of fused-ring (bicyclic) bond motifs is 1. The van der Waals surface area contributed by atoms with E-state index in [2.05, 4.69) is 16.0 Å². The van der Waals surface area contributed by atoms with Crippen molar-refractivity contribution < 1.29 is 9.53 Å². The monoisotopic (exact) mass is 260 g/mol. The van der Waals surface area contributed by atoms with Gasteiger partial charge in [-0.25, -0.2) is 9.78 Å². The second kappa shape index (κ2) is 5.03. The Bertz CT molecular complexity index is 515. The Hall–Kier alpha value is -1.84. The molecule has 4 nitrogen and oxygen atoms in total. The van der Waals surface area contributed by atoms with Gasteiger partial charge < -0.3 is 9.64 Å². The number of rotatable bonds is 2. The quantitative estimate of drug-likeness (QED) is 0.605. The topological polar surface area (TPSA) is 42.4 Å². The van der Waals surface area contributed by atoms with Gasteiger partial charge in [-0.15, -0.1) is 0 Å². The second-order valence-corrected chi connectivity index (χ2v) is 5.79. The molecule has 0 fully saturated rings. The van der Waals surface area contributed by atoms with Crippen LogP contribution in [0.15, 0.2) is 18.3 Å². The van der Waals surface area contributed by atoms with Crippen LogP contribution in [0.3, 0.4) is 0 Å². The molecule has 1 aliphatic heterocycles. The van der Waals surface area contributed by atoms with Crippen molar-refractivity contribution in [2.45, 2.75) is 32.8 Å². The number of hydrogen-bond donors (Lipinski definition) is 0. The minimum absolute atomic E-state index is 0.329. The van der Waals surface area contributed by atoms with Crippen LogP contribution >= 0.6 is 0 Å². The van der Waals surface area contributed by atoms with Crippen LogP contribution in [0.2, 0.25) is 0 Å². The van der Waals surface area contributed by atoms with Gasteiger partial charge >= 0.3 is 5.97 Å². The molecule has 0 N–H and O–H groups in total. The van der Waals surface area contributed by atoms with Gasteiger partial charge in [0.1, 0.15) is 11.4 Å². The van der Waals surface area contributed by atoms with Crippen LogP contribution in [-0.2, 0) is 16.0 Å². The molecule has 0 unspecified atom stereocenters. The fourth-order valence-electron chi connectivity index (χ4n) is 2.03. The average molecular weight is 260 g/mol. The largest absolute Gasteiger partial charge is 0.457 e. The van der Waals surface area contributed by atoms with Crippen molar-refractivity contribution in [3.63, 3.8) is 0 Å². The number of aromatic nitrogens is 1. The SMILES string of the molecule is CN1CCc2cc(/C=C/C(=O)OC(C)(C)C)cnc21. The number of carbonyl (C=O) groups is 1.